The van der Waals surface area contributed by atoms with Crippen LogP contribution in [0.4, 0.5) is 0 Å². The van der Waals surface area contributed by atoms with Crippen LogP contribution >= 0.6 is 0 Å². The Morgan fingerprint density at radius 1 is 1.15 bits per heavy atom. The summed E-state index contributed by atoms with van der Waals surface area (Å²) >= 11 is 0. The molecule has 0 amide bonds. The molecule has 2 atom stereocenters. The summed E-state index contributed by atoms with van der Waals surface area (Å²) < 4.78 is 0. The van der Waals surface area contributed by atoms with E-state index in [0.29, 0.717) is 12.0 Å². The number of nitrogens with two attached hydrogens (primary N) is 1. The minimum absolute atomic E-state index is 0.516. The minimum atomic E-state index is 0.516. The average Bonchev–Trinajstić information content (AvgIpc) is 2.17. The summed E-state index contributed by atoms with van der Waals surface area (Å²) in [6.45, 7) is 6.73. The van der Waals surface area contributed by atoms with E-state index < -0.39 is 0 Å². The maximum atomic E-state index is 5.51. The first-order chi connectivity index (χ1) is 6.26. The minimum Gasteiger partial charge on any atom is -0.271 e. The zero-order valence-corrected chi connectivity index (χ0v) is 9.47. The molecule has 0 radical (unpaired) electrons. The first-order valence-corrected chi connectivity index (χ1v) is 5.72. The zero-order chi connectivity index (χ0) is 10.1. The number of unbranched alkanes of at least 4 members (excludes halogenated alkanes) is 3. The first kappa shape index (κ1) is 12.9. The van der Waals surface area contributed by atoms with Crippen LogP contribution in [0.25, 0.3) is 0 Å². The largest absolute Gasteiger partial charge is 0.271 e. The molecule has 2 unspecified atom stereocenters. The van der Waals surface area contributed by atoms with Gasteiger partial charge in [-0.25, -0.2) is 0 Å². The fraction of sp³-hybridized carbons (Fsp3) is 1.00. The van der Waals surface area contributed by atoms with E-state index in [1.807, 2.05) is 0 Å². The summed E-state index contributed by atoms with van der Waals surface area (Å²) in [5.74, 6) is 6.21. The highest BCUT2D eigenvalue weighted by Gasteiger charge is 2.12. The maximum absolute atomic E-state index is 5.51. The third-order valence-corrected chi connectivity index (χ3v) is 2.91. The van der Waals surface area contributed by atoms with Crippen LogP contribution in [0.3, 0.4) is 0 Å². The maximum Gasteiger partial charge on any atom is 0.0236 e. The Bertz CT molecular complexity index is 104. The van der Waals surface area contributed by atoms with Crippen LogP contribution in [0.15, 0.2) is 0 Å². The van der Waals surface area contributed by atoms with Crippen molar-refractivity contribution in [1.82, 2.24) is 5.43 Å². The monoisotopic (exact) mass is 186 g/mol. The number of hydrazine groups is 1. The quantitative estimate of drug-likeness (QED) is 0.347. The molecule has 0 rings (SSSR count). The second-order valence-corrected chi connectivity index (χ2v) is 4.01. The van der Waals surface area contributed by atoms with Gasteiger partial charge in [0.2, 0.25) is 0 Å². The van der Waals surface area contributed by atoms with E-state index in [2.05, 4.69) is 26.2 Å². The first-order valence-electron chi connectivity index (χ1n) is 5.72. The molecule has 3 N–H and O–H groups in total. The lowest BCUT2D eigenvalue weighted by Crippen LogP contribution is -2.39. The van der Waals surface area contributed by atoms with Crippen LogP contribution in [0.5, 0.6) is 0 Å². The Balaban J connectivity index is 3.47. The lowest BCUT2D eigenvalue weighted by molar-refractivity contribution is 0.342. The van der Waals surface area contributed by atoms with Gasteiger partial charge in [-0.3, -0.25) is 11.3 Å². The predicted octanol–water partition coefficient (Wildman–Crippen LogP) is 2.83. The fourth-order valence-corrected chi connectivity index (χ4v) is 1.61. The van der Waals surface area contributed by atoms with Crippen LogP contribution in [-0.4, -0.2) is 6.04 Å². The summed E-state index contributed by atoms with van der Waals surface area (Å²) in [6, 6.07) is 0.516. The smallest absolute Gasteiger partial charge is 0.0236 e. The van der Waals surface area contributed by atoms with Gasteiger partial charge in [-0.1, -0.05) is 52.9 Å². The molecular weight excluding hydrogens is 160 g/mol. The Hall–Kier alpha value is -0.0800. The van der Waals surface area contributed by atoms with Gasteiger partial charge in [0, 0.05) is 6.04 Å². The van der Waals surface area contributed by atoms with Gasteiger partial charge < -0.3 is 0 Å². The molecule has 0 fully saturated rings. The van der Waals surface area contributed by atoms with Crippen molar-refractivity contribution in [1.29, 1.82) is 0 Å². The lowest BCUT2D eigenvalue weighted by atomic mass is 9.94. The van der Waals surface area contributed by atoms with Gasteiger partial charge in [-0.05, 0) is 12.3 Å². The normalized spacial score (nSPS) is 15.7. The van der Waals surface area contributed by atoms with Gasteiger partial charge >= 0.3 is 0 Å². The highest BCUT2D eigenvalue weighted by Crippen LogP contribution is 2.14. The van der Waals surface area contributed by atoms with Crippen LogP contribution < -0.4 is 11.3 Å². The van der Waals surface area contributed by atoms with Crippen LogP contribution in [-0.2, 0) is 0 Å². The van der Waals surface area contributed by atoms with Crippen LogP contribution in [0.2, 0.25) is 0 Å². The molecule has 2 heteroatoms. The second kappa shape index (κ2) is 8.52. The van der Waals surface area contributed by atoms with Crippen molar-refractivity contribution in [2.75, 3.05) is 0 Å². The fourth-order valence-electron chi connectivity index (χ4n) is 1.61. The third-order valence-electron chi connectivity index (χ3n) is 2.91. The van der Waals surface area contributed by atoms with Crippen LogP contribution in [0, 0.1) is 5.92 Å². The van der Waals surface area contributed by atoms with Crippen molar-refractivity contribution in [3.05, 3.63) is 0 Å². The molecule has 80 valence electrons. The Morgan fingerprint density at radius 3 is 2.31 bits per heavy atom. The zero-order valence-electron chi connectivity index (χ0n) is 9.47. The Labute approximate surface area is 83.2 Å². The van der Waals surface area contributed by atoms with E-state index in [0.717, 1.165) is 0 Å². The molecule has 0 heterocycles. The van der Waals surface area contributed by atoms with Crippen molar-refractivity contribution < 1.29 is 0 Å². The van der Waals surface area contributed by atoms with E-state index in [9.17, 15) is 0 Å². The van der Waals surface area contributed by atoms with Crippen molar-refractivity contribution in [2.24, 2.45) is 11.8 Å². The molecule has 0 aliphatic carbocycles. The third kappa shape index (κ3) is 6.05. The molecule has 0 aromatic rings. The van der Waals surface area contributed by atoms with Crippen molar-refractivity contribution in [2.45, 2.75) is 65.3 Å². The van der Waals surface area contributed by atoms with E-state index in [4.69, 9.17) is 5.84 Å². The van der Waals surface area contributed by atoms with Crippen molar-refractivity contribution >= 4 is 0 Å². The van der Waals surface area contributed by atoms with E-state index in [1.54, 1.807) is 0 Å². The standard InChI is InChI=1S/C11H26N2/c1-4-6-7-8-9-11(13-12)10(3)5-2/h10-11,13H,4-9,12H2,1-3H3. The number of hydrogen-bond acceptors (Lipinski definition) is 2. The van der Waals surface area contributed by atoms with Gasteiger partial charge in [0.1, 0.15) is 0 Å². The van der Waals surface area contributed by atoms with E-state index in [-0.39, 0.29) is 0 Å². The molecule has 0 aromatic carbocycles. The molecular formula is C11H26N2. The molecule has 0 aromatic heterocycles. The predicted molar refractivity (Wildman–Crippen MR) is 59.3 cm³/mol. The Morgan fingerprint density at radius 2 is 1.85 bits per heavy atom. The SMILES string of the molecule is CCCCCCC(NN)C(C)CC. The highest BCUT2D eigenvalue weighted by atomic mass is 15.2. The van der Waals surface area contributed by atoms with E-state index >= 15 is 0 Å². The van der Waals surface area contributed by atoms with Gasteiger partial charge in [0.05, 0.1) is 0 Å². The number of rotatable bonds is 8. The molecule has 2 nitrogen and oxygen atoms in total. The molecule has 0 bridgehead atoms. The van der Waals surface area contributed by atoms with Crippen molar-refractivity contribution in [3.63, 3.8) is 0 Å². The lowest BCUT2D eigenvalue weighted by Gasteiger charge is -2.21. The summed E-state index contributed by atoms with van der Waals surface area (Å²) in [7, 11) is 0. The number of hydrogen-bond donors (Lipinski definition) is 2. The second-order valence-electron chi connectivity index (χ2n) is 4.01. The molecule has 0 saturated carbocycles. The summed E-state index contributed by atoms with van der Waals surface area (Å²) in [5, 5.41) is 0. The summed E-state index contributed by atoms with van der Waals surface area (Å²) in [4.78, 5) is 0. The van der Waals surface area contributed by atoms with Crippen LogP contribution in [0.1, 0.15) is 59.3 Å². The van der Waals surface area contributed by atoms with Gasteiger partial charge in [-0.15, -0.1) is 0 Å². The molecule has 13 heavy (non-hydrogen) atoms. The summed E-state index contributed by atoms with van der Waals surface area (Å²) in [6.07, 6.45) is 7.77. The molecule has 0 saturated heterocycles. The van der Waals surface area contributed by atoms with E-state index in [1.165, 1.54) is 38.5 Å². The van der Waals surface area contributed by atoms with Gasteiger partial charge in [-0.2, -0.15) is 0 Å². The average molecular weight is 186 g/mol. The number of nitrogens with one attached hydrogen (secondary N) is 1. The Kier molecular flexibility index (Phi) is 8.46. The molecule has 0 spiro atoms. The van der Waals surface area contributed by atoms with Gasteiger partial charge in [0.25, 0.3) is 0 Å². The molecule has 0 aliphatic heterocycles. The van der Waals surface area contributed by atoms with Gasteiger partial charge in [0.15, 0.2) is 0 Å². The topological polar surface area (TPSA) is 38.0 Å². The molecule has 0 aliphatic rings. The van der Waals surface area contributed by atoms with Crippen molar-refractivity contribution in [3.8, 4) is 0 Å². The summed E-state index contributed by atoms with van der Waals surface area (Å²) in [5.41, 5.74) is 2.93. The highest BCUT2D eigenvalue weighted by molar-refractivity contribution is 4.69.